The number of hydrogen-bond donors (Lipinski definition) is 1. The number of rotatable bonds is 1. The highest BCUT2D eigenvalue weighted by atomic mass is 32.2. The first-order valence-electron chi connectivity index (χ1n) is 17.7. The van der Waals surface area contributed by atoms with Crippen molar-refractivity contribution in [1.29, 1.82) is 0 Å². The predicted octanol–water partition coefficient (Wildman–Crippen LogP) is 7.87. The van der Waals surface area contributed by atoms with Crippen molar-refractivity contribution in [3.8, 4) is 44.5 Å². The van der Waals surface area contributed by atoms with Crippen LogP contribution in [-0.4, -0.2) is 64.5 Å². The zero-order valence-electron chi connectivity index (χ0n) is 31.8. The molecule has 13 nitrogen and oxygen atoms in total. The molecular formula is C45H34O13S4. The Hall–Kier alpha value is -6.76. The van der Waals surface area contributed by atoms with Crippen LogP contribution < -0.4 is 0 Å². The van der Waals surface area contributed by atoms with Crippen LogP contribution in [0.2, 0.25) is 0 Å². The van der Waals surface area contributed by atoms with Crippen molar-refractivity contribution in [2.45, 2.75) is 24.1 Å². The summed E-state index contributed by atoms with van der Waals surface area (Å²) in [5.74, 6) is 0.0613. The van der Waals surface area contributed by atoms with E-state index in [2.05, 4.69) is 0 Å². The van der Waals surface area contributed by atoms with E-state index in [1.165, 1.54) is 0 Å². The summed E-state index contributed by atoms with van der Waals surface area (Å²) in [6, 6.07) is 44.3. The molecule has 1 N–H and O–H groups in total. The quantitative estimate of drug-likeness (QED) is 0.155. The molecule has 1 aliphatic heterocycles. The lowest BCUT2D eigenvalue weighted by atomic mass is 9.76. The monoisotopic (exact) mass is 910 g/mol. The van der Waals surface area contributed by atoms with Gasteiger partial charge in [-0.05, 0) is 70.1 Å². The van der Waals surface area contributed by atoms with E-state index in [0.29, 0.717) is 27.2 Å². The van der Waals surface area contributed by atoms with Crippen LogP contribution in [0.3, 0.4) is 0 Å². The van der Waals surface area contributed by atoms with Crippen LogP contribution >= 0.6 is 0 Å². The third-order valence-electron chi connectivity index (χ3n) is 9.67. The number of fused-ring (bicyclic) bond motifs is 7. The molecule has 316 valence electrons. The smallest absolute Gasteiger partial charge is 0.289 e. The highest BCUT2D eigenvalue weighted by Crippen LogP contribution is 2.47. The van der Waals surface area contributed by atoms with Gasteiger partial charge in [0, 0.05) is 44.2 Å². The Bertz CT molecular complexity index is 3270. The Morgan fingerprint density at radius 2 is 0.790 bits per heavy atom. The SMILES string of the molecule is C.CS(=O)(=O)O.Cc1ccc2c(c1)S(=O)(=O)c1cc(-c3ccccc3)ccc1-2.O=C1c2ccccc2-c2ccc3c4c(ccc1c24)-c1ccccc1C3=O.O=S(=O)=O.O=S(=O)=O. The first kappa shape index (κ1) is 46.3. The van der Waals surface area contributed by atoms with Crippen LogP contribution in [-0.2, 0) is 41.2 Å². The van der Waals surface area contributed by atoms with E-state index in [1.54, 1.807) is 12.1 Å². The first-order chi connectivity index (χ1) is 28.8. The van der Waals surface area contributed by atoms with Crippen LogP contribution in [0.25, 0.3) is 55.3 Å². The molecule has 0 atom stereocenters. The predicted molar refractivity (Wildman–Crippen MR) is 233 cm³/mol. The standard InChI is InChI=1S/C24H12O2.C19H14O2S.CH4O3S.CH4.2O3S/c25-23-17-7-3-1-5-13(17)15-9-11-20-22-16(10-12-19(23)21(15)22)14-6-2-4-8-18(14)24(20)26;1-13-7-9-16-17-10-8-15(14-5-3-2-4-6-14)12-19(17)22(20,21)18(16)11-13;1-5(2,3)4;;2*1-4(2)3/h1-12H;2-12H,1H3;1H3,(H,2,3,4);1H4;;. The number of carbonyl (C=O) groups is 2. The van der Waals surface area contributed by atoms with Crippen molar-refractivity contribution in [2.75, 3.05) is 6.26 Å². The zero-order chi connectivity index (χ0) is 44.4. The molecule has 0 saturated heterocycles. The van der Waals surface area contributed by atoms with Crippen LogP contribution in [0.5, 0.6) is 0 Å². The van der Waals surface area contributed by atoms with Crippen LogP contribution in [0.1, 0.15) is 44.8 Å². The summed E-state index contributed by atoms with van der Waals surface area (Å²) in [7, 11) is -13.3. The van der Waals surface area contributed by atoms with Gasteiger partial charge >= 0.3 is 21.2 Å². The van der Waals surface area contributed by atoms with Crippen LogP contribution in [0.4, 0.5) is 0 Å². The largest absolute Gasteiger partial charge is 0.425 e. The molecule has 17 heteroatoms. The summed E-state index contributed by atoms with van der Waals surface area (Å²) >= 11 is 0. The normalized spacial score (nSPS) is 12.5. The topological polar surface area (TPSA) is 225 Å². The van der Waals surface area contributed by atoms with E-state index in [9.17, 15) is 26.4 Å². The summed E-state index contributed by atoms with van der Waals surface area (Å²) in [6.07, 6.45) is 0.715. The lowest BCUT2D eigenvalue weighted by Crippen LogP contribution is -2.15. The van der Waals surface area contributed by atoms with Gasteiger partial charge in [-0.2, -0.15) is 8.42 Å². The van der Waals surface area contributed by atoms with Crippen molar-refractivity contribution in [3.63, 3.8) is 0 Å². The van der Waals surface area contributed by atoms with Gasteiger partial charge < -0.3 is 0 Å². The van der Waals surface area contributed by atoms with Gasteiger partial charge in [0.15, 0.2) is 11.6 Å². The highest BCUT2D eigenvalue weighted by molar-refractivity contribution is 7.92. The highest BCUT2D eigenvalue weighted by Gasteiger charge is 2.34. The van der Waals surface area contributed by atoms with Crippen molar-refractivity contribution >= 4 is 63.5 Å². The third kappa shape index (κ3) is 9.57. The van der Waals surface area contributed by atoms with E-state index >= 15 is 0 Å². The maximum atomic E-state index is 13.1. The van der Waals surface area contributed by atoms with Crippen LogP contribution in [0, 0.1) is 6.92 Å². The summed E-state index contributed by atoms with van der Waals surface area (Å²) in [6.45, 7) is 1.91. The van der Waals surface area contributed by atoms with Gasteiger partial charge in [0.05, 0.1) is 16.0 Å². The Morgan fingerprint density at radius 1 is 0.452 bits per heavy atom. The molecule has 62 heavy (non-hydrogen) atoms. The number of hydrogen-bond acceptors (Lipinski definition) is 12. The number of benzene rings is 7. The molecule has 1 heterocycles. The molecule has 0 saturated carbocycles. The minimum atomic E-state index is -3.67. The van der Waals surface area contributed by atoms with Gasteiger partial charge in [-0.3, -0.25) is 14.1 Å². The number of sulfone groups is 1. The molecule has 0 bridgehead atoms. The lowest BCUT2D eigenvalue weighted by molar-refractivity contribution is 0.103. The summed E-state index contributed by atoms with van der Waals surface area (Å²) < 4.78 is 102. The zero-order valence-corrected chi connectivity index (χ0v) is 35.0. The van der Waals surface area contributed by atoms with E-state index in [0.717, 1.165) is 72.0 Å². The Balaban J connectivity index is 0.000000183. The van der Waals surface area contributed by atoms with Gasteiger partial charge in [0.2, 0.25) is 9.84 Å². The van der Waals surface area contributed by atoms with Crippen molar-refractivity contribution in [1.82, 2.24) is 0 Å². The molecule has 10 rings (SSSR count). The number of aryl methyl sites for hydroxylation is 1. The van der Waals surface area contributed by atoms with Gasteiger partial charge in [-0.15, -0.1) is 25.3 Å². The molecule has 0 amide bonds. The molecule has 2 aliphatic carbocycles. The van der Waals surface area contributed by atoms with Gasteiger partial charge in [-0.25, -0.2) is 8.42 Å². The van der Waals surface area contributed by atoms with Gasteiger partial charge in [0.25, 0.3) is 10.1 Å². The minimum Gasteiger partial charge on any atom is -0.289 e. The fourth-order valence-electron chi connectivity index (χ4n) is 7.42. The van der Waals surface area contributed by atoms with Gasteiger partial charge in [-0.1, -0.05) is 123 Å². The Kier molecular flexibility index (Phi) is 13.8. The van der Waals surface area contributed by atoms with E-state index in [4.69, 9.17) is 29.8 Å². The average molecular weight is 911 g/mol. The molecule has 7 aromatic carbocycles. The first-order valence-corrected chi connectivity index (χ1v) is 23.0. The van der Waals surface area contributed by atoms with E-state index in [-0.39, 0.29) is 19.0 Å². The molecule has 0 fully saturated rings. The summed E-state index contributed by atoms with van der Waals surface area (Å²) in [5, 5.41) is 1.82. The average Bonchev–Trinajstić information content (AvgIpc) is 3.43. The molecule has 0 aromatic heterocycles. The molecular weight excluding hydrogens is 877 g/mol. The second-order valence-corrected chi connectivity index (χ2v) is 17.7. The Morgan fingerprint density at radius 3 is 1.23 bits per heavy atom. The number of carbonyl (C=O) groups excluding carboxylic acids is 2. The van der Waals surface area contributed by atoms with Crippen molar-refractivity contribution < 1.29 is 56.2 Å². The Labute approximate surface area is 360 Å². The fraction of sp³-hybridized carbons (Fsp3) is 0.0667. The maximum absolute atomic E-state index is 13.1. The molecule has 7 aromatic rings. The molecule has 3 aliphatic rings. The van der Waals surface area contributed by atoms with Crippen molar-refractivity contribution in [2.24, 2.45) is 0 Å². The van der Waals surface area contributed by atoms with E-state index < -0.39 is 41.2 Å². The molecule has 0 spiro atoms. The fourth-order valence-corrected chi connectivity index (χ4v) is 9.21. The van der Waals surface area contributed by atoms with E-state index in [1.807, 2.05) is 134 Å². The summed E-state index contributed by atoms with van der Waals surface area (Å²) in [4.78, 5) is 27.0. The second kappa shape index (κ2) is 18.5. The third-order valence-corrected chi connectivity index (χ3v) is 11.5. The molecule has 0 unspecified atom stereocenters. The molecule has 0 radical (unpaired) electrons. The minimum absolute atomic E-state index is 0. The summed E-state index contributed by atoms with van der Waals surface area (Å²) in [5.41, 5.74) is 11.3. The van der Waals surface area contributed by atoms with Crippen molar-refractivity contribution in [3.05, 3.63) is 167 Å². The van der Waals surface area contributed by atoms with Crippen LogP contribution in [0.15, 0.2) is 149 Å². The maximum Gasteiger partial charge on any atom is 0.425 e. The lowest BCUT2D eigenvalue weighted by Gasteiger charge is -2.26. The van der Waals surface area contributed by atoms with Gasteiger partial charge in [0.1, 0.15) is 0 Å². The number of ketones is 2. The second-order valence-electron chi connectivity index (χ2n) is 13.5.